The summed E-state index contributed by atoms with van der Waals surface area (Å²) in [6.45, 7) is 1.65. The van der Waals surface area contributed by atoms with Crippen LogP contribution < -0.4 is 5.50 Å². The molecule has 0 aliphatic rings. The predicted molar refractivity (Wildman–Crippen MR) is 34.9 cm³/mol. The Morgan fingerprint density at radius 2 is 2.33 bits per heavy atom. The molecular formula is C4H10NO3P. The summed E-state index contributed by atoms with van der Waals surface area (Å²) < 4.78 is 10.4. The van der Waals surface area contributed by atoms with Crippen molar-refractivity contribution in [1.82, 2.24) is 0 Å². The van der Waals surface area contributed by atoms with E-state index in [1.54, 1.807) is 6.92 Å². The van der Waals surface area contributed by atoms with E-state index in [-0.39, 0.29) is 0 Å². The summed E-state index contributed by atoms with van der Waals surface area (Å²) in [5.41, 5.74) is 4.08. The molecular weight excluding hydrogens is 141 g/mol. The van der Waals surface area contributed by atoms with Gasteiger partial charge in [0.15, 0.2) is 0 Å². The lowest BCUT2D eigenvalue weighted by Crippen LogP contribution is -2.16. The van der Waals surface area contributed by atoms with Crippen LogP contribution in [0.3, 0.4) is 0 Å². The van der Waals surface area contributed by atoms with Gasteiger partial charge in [-0.15, -0.1) is 0 Å². The van der Waals surface area contributed by atoms with Crippen LogP contribution in [0.25, 0.3) is 0 Å². The molecule has 0 aliphatic carbocycles. The van der Waals surface area contributed by atoms with Crippen LogP contribution in [0, 0.1) is 0 Å². The van der Waals surface area contributed by atoms with Crippen molar-refractivity contribution in [2.24, 2.45) is 5.50 Å². The summed E-state index contributed by atoms with van der Waals surface area (Å²) in [5.74, 6) is -1.07. The van der Waals surface area contributed by atoms with E-state index in [2.05, 4.69) is 0 Å². The topological polar surface area (TPSA) is 80.4 Å². The Morgan fingerprint density at radius 3 is 2.33 bits per heavy atom. The molecule has 0 rings (SSSR count). The fourth-order valence-electron chi connectivity index (χ4n) is 0.498. The van der Waals surface area contributed by atoms with E-state index in [9.17, 15) is 9.36 Å². The highest BCUT2D eigenvalue weighted by molar-refractivity contribution is 7.44. The predicted octanol–water partition coefficient (Wildman–Crippen LogP) is 0.283. The second-order valence-corrected chi connectivity index (χ2v) is 3.20. The standard InChI is InChI=1S/C4H10NO3P/c1-2-3(4(6)7)9(5)8/h3,9H,2H2,1H3,(H2,5,8)(H,6,7). The van der Waals surface area contributed by atoms with Crippen LogP contribution in [0.1, 0.15) is 13.3 Å². The highest BCUT2D eigenvalue weighted by Gasteiger charge is 2.18. The van der Waals surface area contributed by atoms with Crippen molar-refractivity contribution < 1.29 is 14.5 Å². The van der Waals surface area contributed by atoms with Crippen LogP contribution >= 0.6 is 7.95 Å². The number of nitrogens with two attached hydrogens (primary N) is 1. The lowest BCUT2D eigenvalue weighted by molar-refractivity contribution is -0.136. The summed E-state index contributed by atoms with van der Waals surface area (Å²) in [5, 5.41) is 8.29. The van der Waals surface area contributed by atoms with Crippen LogP contribution in [0.2, 0.25) is 0 Å². The van der Waals surface area contributed by atoms with Crippen LogP contribution in [-0.4, -0.2) is 16.7 Å². The molecule has 9 heavy (non-hydrogen) atoms. The van der Waals surface area contributed by atoms with Gasteiger partial charge in [-0.05, 0) is 6.42 Å². The SMILES string of the molecule is CCC(C(=O)O)[PH](N)=O. The smallest absolute Gasteiger partial charge is 0.315 e. The Hall–Kier alpha value is -0.340. The minimum atomic E-state index is -2.37. The van der Waals surface area contributed by atoms with Crippen LogP contribution in [-0.2, 0) is 9.36 Å². The van der Waals surface area contributed by atoms with E-state index in [0.717, 1.165) is 0 Å². The number of carboxylic acids is 1. The molecule has 4 nitrogen and oxygen atoms in total. The minimum Gasteiger partial charge on any atom is -0.481 e. The molecule has 0 aromatic carbocycles. The molecule has 2 atom stereocenters. The van der Waals surface area contributed by atoms with Crippen molar-refractivity contribution in [3.8, 4) is 0 Å². The Balaban J connectivity index is 3.99. The normalized spacial score (nSPS) is 16.7. The van der Waals surface area contributed by atoms with E-state index in [4.69, 9.17) is 10.6 Å². The van der Waals surface area contributed by atoms with Gasteiger partial charge in [-0.25, -0.2) is 0 Å². The van der Waals surface area contributed by atoms with Gasteiger partial charge >= 0.3 is 5.97 Å². The lowest BCUT2D eigenvalue weighted by Gasteiger charge is -2.03. The molecule has 0 fully saturated rings. The monoisotopic (exact) mass is 151 g/mol. The second-order valence-electron chi connectivity index (χ2n) is 1.70. The molecule has 0 aromatic heterocycles. The first kappa shape index (κ1) is 8.66. The molecule has 0 saturated heterocycles. The third kappa shape index (κ3) is 2.63. The van der Waals surface area contributed by atoms with Crippen LogP contribution in [0.4, 0.5) is 0 Å². The zero-order valence-electron chi connectivity index (χ0n) is 5.13. The van der Waals surface area contributed by atoms with Gasteiger partial charge < -0.3 is 9.67 Å². The van der Waals surface area contributed by atoms with Gasteiger partial charge in [0.2, 0.25) is 0 Å². The van der Waals surface area contributed by atoms with Gasteiger partial charge in [0.1, 0.15) is 13.6 Å². The number of carboxylic acid groups (broad SMARTS) is 1. The molecule has 0 aromatic rings. The Labute approximate surface area is 53.9 Å². The maximum Gasteiger partial charge on any atom is 0.315 e. The number of rotatable bonds is 3. The molecule has 0 saturated carbocycles. The van der Waals surface area contributed by atoms with Gasteiger partial charge in [0.25, 0.3) is 0 Å². The first-order valence-corrected chi connectivity index (χ1v) is 4.18. The van der Waals surface area contributed by atoms with Crippen molar-refractivity contribution >= 4 is 13.9 Å². The van der Waals surface area contributed by atoms with Crippen molar-refractivity contribution in [3.63, 3.8) is 0 Å². The third-order valence-corrected chi connectivity index (χ3v) is 2.39. The van der Waals surface area contributed by atoms with Gasteiger partial charge in [-0.1, -0.05) is 6.92 Å². The average molecular weight is 151 g/mol. The van der Waals surface area contributed by atoms with E-state index in [0.29, 0.717) is 6.42 Å². The molecule has 0 aliphatic heterocycles. The zero-order valence-corrected chi connectivity index (χ0v) is 6.13. The van der Waals surface area contributed by atoms with Crippen molar-refractivity contribution in [1.29, 1.82) is 0 Å². The molecule has 0 radical (unpaired) electrons. The van der Waals surface area contributed by atoms with Crippen molar-refractivity contribution in [2.75, 3.05) is 0 Å². The number of hydrogen-bond acceptors (Lipinski definition) is 2. The van der Waals surface area contributed by atoms with Crippen LogP contribution in [0.5, 0.6) is 0 Å². The number of hydrogen-bond donors (Lipinski definition) is 2. The Kier molecular flexibility index (Phi) is 3.50. The molecule has 5 heteroatoms. The molecule has 0 heterocycles. The van der Waals surface area contributed by atoms with Gasteiger partial charge in [-0.2, -0.15) is 0 Å². The Morgan fingerprint density at radius 1 is 1.89 bits per heavy atom. The summed E-state index contributed by atoms with van der Waals surface area (Å²) in [4.78, 5) is 10.1. The fraction of sp³-hybridized carbons (Fsp3) is 0.750. The van der Waals surface area contributed by atoms with Crippen molar-refractivity contribution in [2.45, 2.75) is 19.0 Å². The van der Waals surface area contributed by atoms with E-state index >= 15 is 0 Å². The number of carbonyl (C=O) groups is 1. The minimum absolute atomic E-state index is 0.337. The molecule has 0 spiro atoms. The van der Waals surface area contributed by atoms with Crippen LogP contribution in [0.15, 0.2) is 0 Å². The highest BCUT2D eigenvalue weighted by atomic mass is 31.1. The van der Waals surface area contributed by atoms with E-state index in [1.165, 1.54) is 0 Å². The molecule has 54 valence electrons. The first-order valence-electron chi connectivity index (χ1n) is 2.61. The fourth-order valence-corrected chi connectivity index (χ4v) is 1.14. The summed E-state index contributed by atoms with van der Waals surface area (Å²) >= 11 is 0. The maximum atomic E-state index is 10.4. The molecule has 2 unspecified atom stereocenters. The lowest BCUT2D eigenvalue weighted by atomic mass is 10.3. The summed E-state index contributed by atoms with van der Waals surface area (Å²) in [7, 11) is -2.37. The quantitative estimate of drug-likeness (QED) is 0.568. The van der Waals surface area contributed by atoms with E-state index in [1.807, 2.05) is 0 Å². The highest BCUT2D eigenvalue weighted by Crippen LogP contribution is 2.20. The van der Waals surface area contributed by atoms with E-state index < -0.39 is 19.6 Å². The largest absolute Gasteiger partial charge is 0.481 e. The average Bonchev–Trinajstić information content (AvgIpc) is 1.64. The second kappa shape index (κ2) is 3.64. The number of aliphatic carboxylic acids is 1. The Bertz CT molecular complexity index is 122. The maximum absolute atomic E-state index is 10.4. The van der Waals surface area contributed by atoms with Gasteiger partial charge in [0.05, 0.1) is 0 Å². The van der Waals surface area contributed by atoms with Gasteiger partial charge in [0, 0.05) is 0 Å². The molecule has 0 bridgehead atoms. The zero-order chi connectivity index (χ0) is 7.44. The third-order valence-electron chi connectivity index (χ3n) is 1.05. The van der Waals surface area contributed by atoms with Crippen molar-refractivity contribution in [3.05, 3.63) is 0 Å². The molecule has 3 N–H and O–H groups in total. The van der Waals surface area contributed by atoms with Gasteiger partial charge in [-0.3, -0.25) is 10.3 Å². The first-order chi connectivity index (χ1) is 4.09. The summed E-state index contributed by atoms with van der Waals surface area (Å²) in [6.07, 6.45) is 0.337. The molecule has 0 amide bonds. The summed E-state index contributed by atoms with van der Waals surface area (Å²) in [6, 6.07) is 0.